The van der Waals surface area contributed by atoms with Crippen LogP contribution in [0.4, 0.5) is 70.2 Å². The predicted octanol–water partition coefficient (Wildman–Crippen LogP) is 14.4. The number of benzene rings is 6. The van der Waals surface area contributed by atoms with Gasteiger partial charge in [0.15, 0.2) is 0 Å². The molecule has 0 N–H and O–H groups in total. The minimum absolute atomic E-state index is 0.0119. The zero-order chi connectivity index (χ0) is 58.0. The highest BCUT2D eigenvalue weighted by atomic mass is 32.2. The van der Waals surface area contributed by atoms with Crippen LogP contribution in [0.5, 0.6) is 23.0 Å². The van der Waals surface area contributed by atoms with Crippen molar-refractivity contribution in [3.8, 4) is 44.1 Å². The number of nitrogens with zero attached hydrogens (tertiary/aromatic N) is 2. The first kappa shape index (κ1) is 57.3. The van der Waals surface area contributed by atoms with Gasteiger partial charge in [0, 0.05) is 69.4 Å². The Balaban J connectivity index is 0.000000194. The van der Waals surface area contributed by atoms with E-state index in [0.29, 0.717) is 45.1 Å². The molecule has 0 spiro atoms. The molecule has 0 saturated heterocycles. The number of fused-ring (bicyclic) bond motifs is 2. The van der Waals surface area contributed by atoms with E-state index in [1.165, 1.54) is 36.7 Å². The molecule has 0 unspecified atom stereocenters. The lowest BCUT2D eigenvalue weighted by atomic mass is 9.83. The summed E-state index contributed by atoms with van der Waals surface area (Å²) in [7, 11) is -10.3. The average Bonchev–Trinajstić information content (AvgIpc) is 4.21. The molecule has 0 bridgehead atoms. The summed E-state index contributed by atoms with van der Waals surface area (Å²) in [6, 6.07) is 12.7. The van der Waals surface area contributed by atoms with E-state index in [2.05, 4.69) is 18.3 Å². The van der Waals surface area contributed by atoms with Gasteiger partial charge in [-0.15, -0.1) is 22.7 Å². The van der Waals surface area contributed by atoms with Crippen molar-refractivity contribution in [2.75, 3.05) is 13.2 Å². The monoisotopic (exact) mass is 1210 g/mol. The van der Waals surface area contributed by atoms with Crippen molar-refractivity contribution in [1.82, 2.24) is 9.97 Å². The van der Waals surface area contributed by atoms with E-state index in [9.17, 15) is 87.1 Å². The molecular weight excluding hydrogens is 1190 g/mol. The van der Waals surface area contributed by atoms with E-state index in [-0.39, 0.29) is 35.8 Å². The maximum absolute atomic E-state index is 14.0. The van der Waals surface area contributed by atoms with Crippen molar-refractivity contribution in [1.29, 1.82) is 0 Å². The molecule has 6 aromatic carbocycles. The Morgan fingerprint density at radius 1 is 0.450 bits per heavy atom. The number of aromatic nitrogens is 2. The lowest BCUT2D eigenvalue weighted by Gasteiger charge is -2.28. The third kappa shape index (κ3) is 11.0. The smallest absolute Gasteiger partial charge is 0.416 e. The third-order valence-corrected chi connectivity index (χ3v) is 16.2. The summed E-state index contributed by atoms with van der Waals surface area (Å²) < 4.78 is 288. The summed E-state index contributed by atoms with van der Waals surface area (Å²) >= 11 is 2.25. The van der Waals surface area contributed by atoms with Crippen LogP contribution in [-0.4, -0.2) is 40.0 Å². The molecule has 2 aromatic heterocycles. The molecule has 0 aliphatic carbocycles. The van der Waals surface area contributed by atoms with Crippen LogP contribution in [0.15, 0.2) is 106 Å². The van der Waals surface area contributed by atoms with Crippen LogP contribution < -0.4 is 17.8 Å². The van der Waals surface area contributed by atoms with Gasteiger partial charge in [-0.25, -0.2) is 36.3 Å². The fraction of sp³-hybridized carbons (Fsp3) is 0.160. The maximum Gasteiger partial charge on any atom is 0.416 e. The van der Waals surface area contributed by atoms with Gasteiger partial charge in [0.25, 0.3) is 0 Å². The Bertz CT molecular complexity index is 3640. The van der Waals surface area contributed by atoms with Gasteiger partial charge in [-0.3, -0.25) is 0 Å². The molecular formula is C50H26F16N2O8S4. The molecule has 2 atom stereocenters. The Labute approximate surface area is 447 Å². The Hall–Kier alpha value is -7.44. The Kier molecular flexibility index (Phi) is 15.4. The van der Waals surface area contributed by atoms with Crippen molar-refractivity contribution in [2.24, 2.45) is 0 Å². The number of halogens is 16. The number of rotatable bonds is 10. The molecule has 0 amide bonds. The minimum atomic E-state index is -5.14. The lowest BCUT2D eigenvalue weighted by Crippen LogP contribution is -2.18. The van der Waals surface area contributed by atoms with Crippen LogP contribution in [0.3, 0.4) is 0 Å². The minimum Gasteiger partial charge on any atom is -0.493 e. The molecule has 10 nitrogen and oxygen atoms in total. The van der Waals surface area contributed by atoms with Crippen LogP contribution in [0.25, 0.3) is 21.1 Å². The summed E-state index contributed by atoms with van der Waals surface area (Å²) in [5.41, 5.74) is 0.323. The van der Waals surface area contributed by atoms with Crippen molar-refractivity contribution in [3.05, 3.63) is 188 Å². The second-order valence-corrected chi connectivity index (χ2v) is 21.8. The molecule has 0 saturated carbocycles. The first-order valence-corrected chi connectivity index (χ1v) is 26.8. The van der Waals surface area contributed by atoms with Crippen molar-refractivity contribution < 1.29 is 105 Å². The molecule has 0 radical (unpaired) electrons. The first-order chi connectivity index (χ1) is 37.6. The molecule has 10 rings (SSSR count). The van der Waals surface area contributed by atoms with Crippen molar-refractivity contribution in [3.63, 3.8) is 0 Å². The summed E-state index contributed by atoms with van der Waals surface area (Å²) in [5, 5.41) is 3.84. The number of alkyl halides is 6. The van der Waals surface area contributed by atoms with Gasteiger partial charge in [-0.05, 0) is 60.4 Å². The van der Waals surface area contributed by atoms with Crippen LogP contribution in [0, 0.1) is 58.2 Å². The summed E-state index contributed by atoms with van der Waals surface area (Å²) in [6.07, 6.45) is -5.77. The van der Waals surface area contributed by atoms with Gasteiger partial charge in [-0.1, -0.05) is 24.3 Å². The van der Waals surface area contributed by atoms with Gasteiger partial charge < -0.3 is 17.8 Å². The maximum atomic E-state index is 14.0. The second kappa shape index (κ2) is 21.6. The number of hydrogen-bond acceptors (Lipinski definition) is 12. The van der Waals surface area contributed by atoms with Crippen LogP contribution in [0.1, 0.15) is 58.1 Å². The van der Waals surface area contributed by atoms with Gasteiger partial charge in [0.1, 0.15) is 31.3 Å². The van der Waals surface area contributed by atoms with E-state index >= 15 is 0 Å². The Morgan fingerprint density at radius 3 is 1.09 bits per heavy atom. The second-order valence-electron chi connectivity index (χ2n) is 16.9. The first-order valence-electron chi connectivity index (χ1n) is 22.3. The molecule has 2 aliphatic heterocycles. The molecule has 80 heavy (non-hydrogen) atoms. The molecule has 30 heteroatoms. The standard InChI is InChI=1S/2C25H13F8NO4S2/c2*26-18-19(27)21(29)23(22(30)20(18)28)38-40(35,36)12-2-4-15-14(5-7-37-17(15)10-12)13-3-1-11(25(31,32)33)9-16(13)24-34-6-8-39-24/h2*1-4,6,8-10,14H,5,7H2/t2*14-/m10/s1. The highest BCUT2D eigenvalue weighted by Crippen LogP contribution is 2.47. The van der Waals surface area contributed by atoms with Gasteiger partial charge in [0.2, 0.25) is 69.7 Å². The van der Waals surface area contributed by atoms with Gasteiger partial charge in [0.05, 0.1) is 24.3 Å². The van der Waals surface area contributed by atoms with Crippen LogP contribution >= 0.6 is 22.7 Å². The summed E-state index contributed by atoms with van der Waals surface area (Å²) in [4.78, 5) is 6.78. The highest BCUT2D eigenvalue weighted by Gasteiger charge is 2.38. The number of thiazole rings is 2. The summed E-state index contributed by atoms with van der Waals surface area (Å²) in [5.74, 6) is -29.7. The van der Waals surface area contributed by atoms with Gasteiger partial charge in [-0.2, -0.15) is 60.7 Å². The molecule has 8 aromatic rings. The normalized spacial score (nSPS) is 15.4. The van der Waals surface area contributed by atoms with Crippen LogP contribution in [-0.2, 0) is 32.6 Å². The lowest BCUT2D eigenvalue weighted by molar-refractivity contribution is -0.138. The largest absolute Gasteiger partial charge is 0.493 e. The van der Waals surface area contributed by atoms with E-state index in [1.807, 2.05) is 0 Å². The SMILES string of the molecule is O=S(=O)(Oc1c(F)c(F)c(F)c(F)c1F)c1ccc2c(c1)OCC[C@@H]2c1ccc(C(F)(F)F)cc1-c1nccs1.O=S(=O)(Oc1c(F)c(F)c(F)c(F)c1F)c1ccc2c(c1)OCC[C@H]2c1ccc(C(F)(F)F)cc1-c1nccs1. The zero-order valence-electron chi connectivity index (χ0n) is 39.1. The zero-order valence-corrected chi connectivity index (χ0v) is 42.3. The fourth-order valence-electron chi connectivity index (χ4n) is 8.48. The van der Waals surface area contributed by atoms with E-state index in [4.69, 9.17) is 9.47 Å². The van der Waals surface area contributed by atoms with E-state index in [1.54, 1.807) is 10.8 Å². The fourth-order valence-corrected chi connectivity index (χ4v) is 11.7. The topological polar surface area (TPSA) is 131 Å². The number of ether oxygens (including phenoxy) is 2. The third-order valence-electron chi connectivity index (χ3n) is 12.2. The van der Waals surface area contributed by atoms with Crippen molar-refractivity contribution in [2.45, 2.75) is 46.8 Å². The Morgan fingerprint density at radius 2 is 0.775 bits per heavy atom. The summed E-state index contributed by atoms with van der Waals surface area (Å²) in [6.45, 7) is 0.0238. The number of hydrogen-bond donors (Lipinski definition) is 0. The highest BCUT2D eigenvalue weighted by molar-refractivity contribution is 7.87. The van der Waals surface area contributed by atoms with Gasteiger partial charge >= 0.3 is 32.6 Å². The average molecular weight is 1220 g/mol. The van der Waals surface area contributed by atoms with Crippen LogP contribution in [0.2, 0.25) is 0 Å². The molecule has 4 heterocycles. The molecule has 0 fully saturated rings. The van der Waals surface area contributed by atoms with Crippen molar-refractivity contribution >= 4 is 42.9 Å². The molecule has 420 valence electrons. The van der Waals surface area contributed by atoms with E-state index in [0.717, 1.165) is 71.2 Å². The quantitative estimate of drug-likeness (QED) is 0.0564. The molecule has 2 aliphatic rings. The predicted molar refractivity (Wildman–Crippen MR) is 250 cm³/mol. The van der Waals surface area contributed by atoms with E-state index < -0.39 is 135 Å².